The van der Waals surface area contributed by atoms with Crippen molar-refractivity contribution in [1.29, 1.82) is 0 Å². The van der Waals surface area contributed by atoms with Gasteiger partial charge >= 0.3 is 5.97 Å². The summed E-state index contributed by atoms with van der Waals surface area (Å²) >= 11 is 14.5. The number of amides is 1. The third-order valence-electron chi connectivity index (χ3n) is 3.81. The lowest BCUT2D eigenvalue weighted by molar-refractivity contribution is -0.113. The summed E-state index contributed by atoms with van der Waals surface area (Å²) in [5, 5.41) is 12.6. The number of halogens is 2. The molecule has 30 heavy (non-hydrogen) atoms. The van der Waals surface area contributed by atoms with Crippen LogP contribution in [0.15, 0.2) is 29.4 Å². The van der Waals surface area contributed by atoms with E-state index in [9.17, 15) is 9.59 Å². The van der Waals surface area contributed by atoms with Crippen LogP contribution in [-0.2, 0) is 9.53 Å². The SMILES string of the molecule is CCOC(=O)c1sc(NC(=O)CSc2nnc(-c3cc(Cl)ccc3Cl)n2N)cc1C. The van der Waals surface area contributed by atoms with Crippen LogP contribution in [-0.4, -0.2) is 39.1 Å². The Morgan fingerprint density at radius 1 is 1.30 bits per heavy atom. The van der Waals surface area contributed by atoms with Crippen molar-refractivity contribution in [1.82, 2.24) is 14.9 Å². The molecule has 3 rings (SSSR count). The van der Waals surface area contributed by atoms with Crippen LogP contribution in [0.1, 0.15) is 22.2 Å². The quantitative estimate of drug-likeness (QED) is 0.292. The standard InChI is InChI=1S/C18H17Cl2N5O3S2/c1-3-28-17(27)15-9(2)6-14(30-15)22-13(26)8-29-18-24-23-16(25(18)21)11-7-10(19)4-5-12(11)20/h4-7H,3,8,21H2,1-2H3,(H,22,26). The van der Waals surface area contributed by atoms with Crippen LogP contribution in [0.2, 0.25) is 10.0 Å². The van der Waals surface area contributed by atoms with Crippen LogP contribution in [0.25, 0.3) is 11.4 Å². The molecule has 0 spiro atoms. The number of anilines is 1. The summed E-state index contributed by atoms with van der Waals surface area (Å²) in [6.07, 6.45) is 0. The van der Waals surface area contributed by atoms with E-state index >= 15 is 0 Å². The van der Waals surface area contributed by atoms with Crippen LogP contribution >= 0.6 is 46.3 Å². The molecule has 2 aromatic heterocycles. The van der Waals surface area contributed by atoms with Crippen molar-refractivity contribution in [3.63, 3.8) is 0 Å². The number of ether oxygens (including phenoxy) is 1. The number of benzene rings is 1. The average Bonchev–Trinajstić information content (AvgIpc) is 3.24. The maximum Gasteiger partial charge on any atom is 0.348 e. The number of thioether (sulfide) groups is 1. The molecule has 0 saturated carbocycles. The van der Waals surface area contributed by atoms with E-state index in [0.29, 0.717) is 36.5 Å². The summed E-state index contributed by atoms with van der Waals surface area (Å²) in [5.74, 6) is 5.76. The number of rotatable bonds is 7. The summed E-state index contributed by atoms with van der Waals surface area (Å²) in [4.78, 5) is 24.7. The number of aryl methyl sites for hydroxylation is 1. The van der Waals surface area contributed by atoms with E-state index in [-0.39, 0.29) is 18.3 Å². The molecule has 0 aliphatic carbocycles. The lowest BCUT2D eigenvalue weighted by Gasteiger charge is -2.06. The highest BCUT2D eigenvalue weighted by Gasteiger charge is 2.18. The van der Waals surface area contributed by atoms with E-state index in [2.05, 4.69) is 15.5 Å². The molecular weight excluding hydrogens is 469 g/mol. The van der Waals surface area contributed by atoms with E-state index < -0.39 is 5.97 Å². The highest BCUT2D eigenvalue weighted by Crippen LogP contribution is 2.31. The largest absolute Gasteiger partial charge is 0.462 e. The zero-order valence-corrected chi connectivity index (χ0v) is 19.1. The van der Waals surface area contributed by atoms with Crippen molar-refractivity contribution in [2.24, 2.45) is 0 Å². The van der Waals surface area contributed by atoms with Crippen LogP contribution in [0.5, 0.6) is 0 Å². The third kappa shape index (κ3) is 5.07. The number of nitrogen functional groups attached to an aromatic ring is 1. The molecular formula is C18H17Cl2N5O3S2. The van der Waals surface area contributed by atoms with Gasteiger partial charge in [0.25, 0.3) is 0 Å². The monoisotopic (exact) mass is 485 g/mol. The maximum absolute atomic E-state index is 12.3. The van der Waals surface area contributed by atoms with Crippen molar-refractivity contribution in [2.45, 2.75) is 19.0 Å². The smallest absolute Gasteiger partial charge is 0.348 e. The molecule has 158 valence electrons. The van der Waals surface area contributed by atoms with Gasteiger partial charge in [0.15, 0.2) is 5.82 Å². The molecule has 0 saturated heterocycles. The topological polar surface area (TPSA) is 112 Å². The molecule has 12 heteroatoms. The van der Waals surface area contributed by atoms with Crippen LogP contribution in [0, 0.1) is 6.92 Å². The van der Waals surface area contributed by atoms with Crippen molar-refractivity contribution < 1.29 is 14.3 Å². The number of esters is 1. The number of aromatic nitrogens is 3. The first-order valence-corrected chi connectivity index (χ1v) is 11.2. The number of nitrogens with zero attached hydrogens (tertiary/aromatic N) is 3. The summed E-state index contributed by atoms with van der Waals surface area (Å²) in [6.45, 7) is 3.81. The van der Waals surface area contributed by atoms with Gasteiger partial charge in [-0.05, 0) is 43.7 Å². The van der Waals surface area contributed by atoms with Gasteiger partial charge in [0.1, 0.15) is 4.88 Å². The van der Waals surface area contributed by atoms with Crippen LogP contribution < -0.4 is 11.2 Å². The number of carbonyl (C=O) groups is 2. The minimum absolute atomic E-state index is 0.0459. The number of nitrogens with two attached hydrogens (primary N) is 1. The van der Waals surface area contributed by atoms with Crippen LogP contribution in [0.4, 0.5) is 5.00 Å². The number of hydrogen-bond acceptors (Lipinski definition) is 8. The van der Waals surface area contributed by atoms with Gasteiger partial charge in [0.05, 0.1) is 22.4 Å². The number of thiophene rings is 1. The Morgan fingerprint density at radius 3 is 2.80 bits per heavy atom. The zero-order valence-electron chi connectivity index (χ0n) is 15.9. The summed E-state index contributed by atoms with van der Waals surface area (Å²) in [5.41, 5.74) is 1.28. The maximum atomic E-state index is 12.3. The van der Waals surface area contributed by atoms with E-state index in [1.165, 1.54) is 4.68 Å². The van der Waals surface area contributed by atoms with Gasteiger partial charge in [-0.15, -0.1) is 21.5 Å². The fourth-order valence-corrected chi connectivity index (χ4v) is 4.49. The Hall–Kier alpha value is -2.27. The fourth-order valence-electron chi connectivity index (χ4n) is 2.47. The highest BCUT2D eigenvalue weighted by atomic mass is 35.5. The van der Waals surface area contributed by atoms with Gasteiger partial charge < -0.3 is 15.9 Å². The Kier molecular flexibility index (Phi) is 7.24. The Labute approximate surface area is 190 Å². The molecule has 0 bridgehead atoms. The molecule has 8 nitrogen and oxygen atoms in total. The summed E-state index contributed by atoms with van der Waals surface area (Å²) < 4.78 is 6.26. The minimum atomic E-state index is -0.404. The van der Waals surface area contributed by atoms with Gasteiger partial charge in [0, 0.05) is 10.6 Å². The summed E-state index contributed by atoms with van der Waals surface area (Å²) in [7, 11) is 0. The van der Waals surface area contributed by atoms with Gasteiger partial charge in [-0.25, -0.2) is 9.47 Å². The van der Waals surface area contributed by atoms with E-state index in [4.69, 9.17) is 33.8 Å². The van der Waals surface area contributed by atoms with Crippen LogP contribution in [0.3, 0.4) is 0 Å². The number of carbonyl (C=O) groups excluding carboxylic acids is 2. The number of nitrogens with one attached hydrogen (secondary N) is 1. The molecule has 0 unspecified atom stereocenters. The van der Waals surface area contributed by atoms with Gasteiger partial charge in [-0.2, -0.15) is 0 Å². The Bertz CT molecular complexity index is 1100. The first-order valence-electron chi connectivity index (χ1n) is 8.66. The van der Waals surface area contributed by atoms with Crippen molar-refractivity contribution >= 4 is 63.2 Å². The molecule has 3 N–H and O–H groups in total. The minimum Gasteiger partial charge on any atom is -0.462 e. The third-order valence-corrected chi connectivity index (χ3v) is 6.45. The molecule has 0 atom stereocenters. The Balaban J connectivity index is 1.65. The molecule has 0 radical (unpaired) electrons. The fraction of sp³-hybridized carbons (Fsp3) is 0.222. The predicted octanol–water partition coefficient (Wildman–Crippen LogP) is 4.24. The van der Waals surface area contributed by atoms with E-state index in [1.807, 2.05) is 0 Å². The molecule has 1 aromatic carbocycles. The molecule has 0 fully saturated rings. The van der Waals surface area contributed by atoms with E-state index in [1.54, 1.807) is 38.1 Å². The Morgan fingerprint density at radius 2 is 2.07 bits per heavy atom. The van der Waals surface area contributed by atoms with E-state index in [0.717, 1.165) is 28.7 Å². The average molecular weight is 486 g/mol. The predicted molar refractivity (Wildman–Crippen MR) is 120 cm³/mol. The molecule has 2 heterocycles. The normalized spacial score (nSPS) is 10.8. The first kappa shape index (κ1) is 22.4. The second-order valence-corrected chi connectivity index (χ2v) is 8.82. The molecule has 0 aliphatic heterocycles. The van der Waals surface area contributed by atoms with Gasteiger partial charge in [0.2, 0.25) is 11.1 Å². The second kappa shape index (κ2) is 9.69. The van der Waals surface area contributed by atoms with Gasteiger partial charge in [-0.1, -0.05) is 35.0 Å². The van der Waals surface area contributed by atoms with Crippen molar-refractivity contribution in [2.75, 3.05) is 23.5 Å². The molecule has 0 aliphatic rings. The second-order valence-electron chi connectivity index (χ2n) is 5.98. The lowest BCUT2D eigenvalue weighted by Crippen LogP contribution is -2.16. The molecule has 1 amide bonds. The van der Waals surface area contributed by atoms with Gasteiger partial charge in [-0.3, -0.25) is 4.79 Å². The highest BCUT2D eigenvalue weighted by molar-refractivity contribution is 7.99. The molecule has 3 aromatic rings. The lowest BCUT2D eigenvalue weighted by atomic mass is 10.2. The summed E-state index contributed by atoms with van der Waals surface area (Å²) in [6, 6.07) is 6.66. The first-order chi connectivity index (χ1) is 14.3. The number of hydrogen-bond donors (Lipinski definition) is 2. The zero-order chi connectivity index (χ0) is 21.8. The van der Waals surface area contributed by atoms with Crippen molar-refractivity contribution in [3.8, 4) is 11.4 Å². The van der Waals surface area contributed by atoms with Crippen molar-refractivity contribution in [3.05, 3.63) is 44.8 Å².